The molecule has 2 aliphatic carbocycles. The van der Waals surface area contributed by atoms with Gasteiger partial charge in [0.25, 0.3) is 0 Å². The van der Waals surface area contributed by atoms with Crippen molar-refractivity contribution < 1.29 is 9.53 Å². The van der Waals surface area contributed by atoms with Crippen molar-refractivity contribution in [3.8, 4) is 33.4 Å². The molecule has 0 saturated carbocycles. The van der Waals surface area contributed by atoms with E-state index in [4.69, 9.17) is 4.74 Å². The molecule has 0 fully saturated rings. The lowest BCUT2D eigenvalue weighted by Crippen LogP contribution is -2.15. The van der Waals surface area contributed by atoms with Gasteiger partial charge in [-0.3, -0.25) is 0 Å². The van der Waals surface area contributed by atoms with Crippen molar-refractivity contribution in [2.45, 2.75) is 58.3 Å². The van der Waals surface area contributed by atoms with E-state index in [2.05, 4.69) is 113 Å². The first-order chi connectivity index (χ1) is 18.6. The molecule has 0 aliphatic heterocycles. The van der Waals surface area contributed by atoms with Gasteiger partial charge in [-0.25, -0.2) is 4.79 Å². The van der Waals surface area contributed by atoms with Crippen LogP contribution in [0.3, 0.4) is 0 Å². The van der Waals surface area contributed by atoms with Gasteiger partial charge < -0.3 is 4.74 Å². The Bertz CT molecular complexity index is 1650. The van der Waals surface area contributed by atoms with Gasteiger partial charge in [-0.2, -0.15) is 0 Å². The van der Waals surface area contributed by atoms with Gasteiger partial charge in [-0.05, 0) is 93.1 Å². The van der Waals surface area contributed by atoms with Gasteiger partial charge in [0.15, 0.2) is 0 Å². The first-order valence-electron chi connectivity index (χ1n) is 13.9. The van der Waals surface area contributed by atoms with Gasteiger partial charge in [0.05, 0.1) is 6.61 Å². The second-order valence-electron chi connectivity index (χ2n) is 12.2. The number of ether oxygens (including phenoxy) is 1. The van der Waals surface area contributed by atoms with E-state index < -0.39 is 0 Å². The lowest BCUT2D eigenvalue weighted by atomic mass is 9.80. The number of carbonyl (C=O) groups excluding carboxylic acids is 1. The summed E-state index contributed by atoms with van der Waals surface area (Å²) >= 11 is 0. The highest BCUT2D eigenvalue weighted by Gasteiger charge is 2.37. The van der Waals surface area contributed by atoms with Crippen LogP contribution in [-0.4, -0.2) is 12.6 Å². The zero-order chi connectivity index (χ0) is 27.5. The maximum Gasteiger partial charge on any atom is 0.333 e. The van der Waals surface area contributed by atoms with Gasteiger partial charge in [0.1, 0.15) is 0 Å². The molecule has 0 amide bonds. The van der Waals surface area contributed by atoms with Crippen molar-refractivity contribution in [2.75, 3.05) is 6.61 Å². The quantitative estimate of drug-likeness (QED) is 0.146. The minimum absolute atomic E-state index is 0.00653. The van der Waals surface area contributed by atoms with Crippen LogP contribution in [0.4, 0.5) is 0 Å². The molecule has 2 heteroatoms. The minimum Gasteiger partial charge on any atom is -0.462 e. The van der Waals surface area contributed by atoms with Crippen molar-refractivity contribution in [2.24, 2.45) is 0 Å². The molecule has 39 heavy (non-hydrogen) atoms. The Morgan fingerprint density at radius 2 is 1.21 bits per heavy atom. The zero-order valence-corrected chi connectivity index (χ0v) is 23.7. The predicted octanol–water partition coefficient (Wildman–Crippen LogP) is 9.02. The molecular formula is C37H36O2. The molecule has 2 nitrogen and oxygen atoms in total. The van der Waals surface area contributed by atoms with Crippen molar-refractivity contribution in [3.63, 3.8) is 0 Å². The van der Waals surface area contributed by atoms with Crippen LogP contribution in [0.15, 0.2) is 91.0 Å². The first kappa shape index (κ1) is 25.4. The Morgan fingerprint density at radius 1 is 0.692 bits per heavy atom. The standard InChI is InChI=1S/C37H36O2/c1-23(2)35(38)39-19-9-10-24-13-16-28-30-18-15-26(22-34(30)37(5,6)32(28)20-24)25-14-17-29-27-11-7-8-12-31(27)36(3,4)33(29)21-25/h7-8,11-18,20-22H,1,9-10,19H2,2-6H3. The molecule has 6 rings (SSSR count). The van der Waals surface area contributed by atoms with E-state index in [0.717, 1.165) is 12.8 Å². The van der Waals surface area contributed by atoms with Gasteiger partial charge >= 0.3 is 5.97 Å². The molecule has 0 atom stereocenters. The third-order valence-corrected chi connectivity index (χ3v) is 8.85. The maximum atomic E-state index is 11.7. The Hall–Kier alpha value is -3.91. The monoisotopic (exact) mass is 512 g/mol. The molecule has 0 saturated heterocycles. The second-order valence-corrected chi connectivity index (χ2v) is 12.2. The van der Waals surface area contributed by atoms with Crippen LogP contribution < -0.4 is 0 Å². The van der Waals surface area contributed by atoms with Crippen LogP contribution in [0.5, 0.6) is 0 Å². The minimum atomic E-state index is -0.312. The van der Waals surface area contributed by atoms with Crippen LogP contribution in [0.25, 0.3) is 33.4 Å². The Labute approximate surface area is 232 Å². The third kappa shape index (κ3) is 4.05. The molecule has 0 bridgehead atoms. The Morgan fingerprint density at radius 3 is 1.82 bits per heavy atom. The van der Waals surface area contributed by atoms with Crippen LogP contribution in [0.2, 0.25) is 0 Å². The van der Waals surface area contributed by atoms with Gasteiger partial charge in [-0.15, -0.1) is 0 Å². The molecule has 4 aromatic carbocycles. The molecule has 0 heterocycles. The second kappa shape index (κ2) is 9.09. The van der Waals surface area contributed by atoms with E-state index in [1.807, 2.05) is 0 Å². The van der Waals surface area contributed by atoms with E-state index >= 15 is 0 Å². The van der Waals surface area contributed by atoms with Crippen LogP contribution in [-0.2, 0) is 26.8 Å². The summed E-state index contributed by atoms with van der Waals surface area (Å²) in [5, 5.41) is 0. The summed E-state index contributed by atoms with van der Waals surface area (Å²) in [4.78, 5) is 11.7. The summed E-state index contributed by atoms with van der Waals surface area (Å²) in [5.74, 6) is -0.312. The number of carbonyl (C=O) groups is 1. The SMILES string of the molecule is C=C(C)C(=O)OCCCc1ccc2c(c1)C(C)(C)c1cc(-c3ccc4c(c3)C(C)(C)c3ccccc3-4)ccc1-2. The highest BCUT2D eigenvalue weighted by Crippen LogP contribution is 2.52. The van der Waals surface area contributed by atoms with Gasteiger partial charge in [0, 0.05) is 16.4 Å². The van der Waals surface area contributed by atoms with Gasteiger partial charge in [0.2, 0.25) is 0 Å². The number of aryl methyl sites for hydroxylation is 1. The third-order valence-electron chi connectivity index (χ3n) is 8.85. The highest BCUT2D eigenvalue weighted by atomic mass is 16.5. The van der Waals surface area contributed by atoms with E-state index in [0.29, 0.717) is 12.2 Å². The molecule has 0 N–H and O–H groups in total. The predicted molar refractivity (Wildman–Crippen MR) is 161 cm³/mol. The van der Waals surface area contributed by atoms with Crippen LogP contribution in [0, 0.1) is 0 Å². The van der Waals surface area contributed by atoms with Crippen molar-refractivity contribution in [1.29, 1.82) is 0 Å². The summed E-state index contributed by atoms with van der Waals surface area (Å²) < 4.78 is 5.29. The maximum absolute atomic E-state index is 11.7. The average Bonchev–Trinajstić information content (AvgIpc) is 3.30. The lowest BCUT2D eigenvalue weighted by molar-refractivity contribution is -0.139. The smallest absolute Gasteiger partial charge is 0.333 e. The molecule has 4 aromatic rings. The fraction of sp³-hybridized carbons (Fsp3) is 0.270. The van der Waals surface area contributed by atoms with Crippen molar-refractivity contribution >= 4 is 5.97 Å². The Balaban J connectivity index is 1.28. The normalized spacial score (nSPS) is 15.2. The molecular weight excluding hydrogens is 476 g/mol. The van der Waals surface area contributed by atoms with Gasteiger partial charge in [-0.1, -0.05) is 101 Å². The zero-order valence-electron chi connectivity index (χ0n) is 23.7. The first-order valence-corrected chi connectivity index (χ1v) is 13.9. The molecule has 0 radical (unpaired) electrons. The number of rotatable bonds is 6. The molecule has 2 aliphatic rings. The summed E-state index contributed by atoms with van der Waals surface area (Å²) in [6, 6.07) is 29.7. The molecule has 0 aromatic heterocycles. The average molecular weight is 513 g/mol. The fourth-order valence-corrected chi connectivity index (χ4v) is 6.57. The summed E-state index contributed by atoms with van der Waals surface area (Å²) in [7, 11) is 0. The van der Waals surface area contributed by atoms with E-state index in [9.17, 15) is 4.79 Å². The van der Waals surface area contributed by atoms with Crippen molar-refractivity contribution in [3.05, 3.63) is 119 Å². The number of benzene rings is 4. The Kier molecular flexibility index (Phi) is 5.91. The number of fused-ring (bicyclic) bond motifs is 6. The summed E-state index contributed by atoms with van der Waals surface area (Å²) in [6.07, 6.45) is 1.68. The fourth-order valence-electron chi connectivity index (χ4n) is 6.57. The molecule has 0 spiro atoms. The van der Waals surface area contributed by atoms with E-state index in [1.165, 1.54) is 61.2 Å². The number of esters is 1. The van der Waals surface area contributed by atoms with Crippen LogP contribution >= 0.6 is 0 Å². The summed E-state index contributed by atoms with van der Waals surface area (Å²) in [6.45, 7) is 15.1. The van der Waals surface area contributed by atoms with E-state index in [1.54, 1.807) is 6.92 Å². The summed E-state index contributed by atoms with van der Waals surface area (Å²) in [5.41, 5.74) is 15.1. The van der Waals surface area contributed by atoms with E-state index in [-0.39, 0.29) is 16.8 Å². The molecule has 196 valence electrons. The van der Waals surface area contributed by atoms with Crippen molar-refractivity contribution in [1.82, 2.24) is 0 Å². The number of hydrogen-bond donors (Lipinski definition) is 0. The number of hydrogen-bond acceptors (Lipinski definition) is 2. The molecule has 0 unspecified atom stereocenters. The van der Waals surface area contributed by atoms with Crippen LogP contribution in [0.1, 0.15) is 68.9 Å². The lowest BCUT2D eigenvalue weighted by Gasteiger charge is -2.23. The highest BCUT2D eigenvalue weighted by molar-refractivity contribution is 5.87. The topological polar surface area (TPSA) is 26.3 Å². The largest absolute Gasteiger partial charge is 0.462 e.